The molecule has 0 aromatic heterocycles. The minimum absolute atomic E-state index is 0.132. The molecule has 2 heterocycles. The average Bonchev–Trinajstić information content (AvgIpc) is 3.49. The minimum atomic E-state index is -0.838. The van der Waals surface area contributed by atoms with E-state index in [1.54, 1.807) is 19.2 Å². The Balaban J connectivity index is 0.000000619. The normalized spacial score (nSPS) is 26.8. The van der Waals surface area contributed by atoms with Crippen molar-refractivity contribution in [3.8, 4) is 11.5 Å². The van der Waals surface area contributed by atoms with Crippen molar-refractivity contribution < 1.29 is 34.6 Å². The van der Waals surface area contributed by atoms with Crippen molar-refractivity contribution in [1.29, 1.82) is 0 Å². The number of likely N-dealkylation sites (N-methyl/N-ethyl adjacent to an activating group) is 1. The number of hydrogen-bond acceptors (Lipinski definition) is 9. The van der Waals surface area contributed by atoms with Crippen molar-refractivity contribution in [1.82, 2.24) is 5.32 Å². The number of fused-ring (bicyclic) bond motifs is 1. The van der Waals surface area contributed by atoms with Crippen molar-refractivity contribution in [2.75, 3.05) is 33.4 Å². The van der Waals surface area contributed by atoms with Crippen LogP contribution < -0.4 is 15.8 Å². The van der Waals surface area contributed by atoms with Gasteiger partial charge in [-0.15, -0.1) is 0 Å². The summed E-state index contributed by atoms with van der Waals surface area (Å²) in [4.78, 5) is 0. The molecule has 0 bridgehead atoms. The lowest BCUT2D eigenvalue weighted by atomic mass is 10.0. The van der Waals surface area contributed by atoms with E-state index in [1.807, 2.05) is 20.8 Å². The SMILES string of the molecule is CC.CCN.CNCCO.OCC1OC2OC2C(O)C1Oc1ccc(O)cc1. The number of hydrogen-bond donors (Lipinski definition) is 6. The third kappa shape index (κ3) is 9.16. The zero-order valence-corrected chi connectivity index (χ0v) is 17.1. The molecule has 5 atom stereocenters. The predicted octanol–water partition coefficient (Wildman–Crippen LogP) is -0.194. The molecule has 9 nitrogen and oxygen atoms in total. The largest absolute Gasteiger partial charge is 0.508 e. The smallest absolute Gasteiger partial charge is 0.187 e. The summed E-state index contributed by atoms with van der Waals surface area (Å²) in [5, 5.41) is 39.2. The number of rotatable bonds is 5. The molecule has 0 spiro atoms. The fourth-order valence-corrected chi connectivity index (χ4v) is 2.20. The standard InChI is InChI=1S/C12H14O6.C3H9NO.C2H7N.C2H6/c13-5-8-10(9(15)11-12(17-8)18-11)16-7-3-1-6(14)2-4-7;1-4-2-3-5;1-2-3;1-2/h1-4,8-15H,5H2;4-5H,2-3H2,1H3;2-3H2,1H3;1-2H3. The molecule has 7 N–H and O–H groups in total. The lowest BCUT2D eigenvalue weighted by molar-refractivity contribution is -0.134. The Bertz CT molecular complexity index is 488. The molecule has 28 heavy (non-hydrogen) atoms. The maximum absolute atomic E-state index is 10.0. The Labute approximate surface area is 167 Å². The third-order valence-corrected chi connectivity index (χ3v) is 3.48. The quantitative estimate of drug-likeness (QED) is 0.367. The highest BCUT2D eigenvalue weighted by molar-refractivity contribution is 5.30. The maximum atomic E-state index is 10.0. The van der Waals surface area contributed by atoms with Gasteiger partial charge in [-0.05, 0) is 37.9 Å². The molecule has 2 fully saturated rings. The van der Waals surface area contributed by atoms with E-state index in [9.17, 15) is 15.3 Å². The van der Waals surface area contributed by atoms with Crippen LogP contribution in [-0.4, -0.2) is 84.5 Å². The molecule has 0 amide bonds. The number of aliphatic hydroxyl groups excluding tert-OH is 3. The van der Waals surface area contributed by atoms with Crippen LogP contribution in [0, 0.1) is 0 Å². The van der Waals surface area contributed by atoms with Crippen molar-refractivity contribution in [3.05, 3.63) is 24.3 Å². The number of nitrogens with two attached hydrogens (primary N) is 1. The Kier molecular flexibility index (Phi) is 14.7. The van der Waals surface area contributed by atoms with E-state index in [0.29, 0.717) is 12.3 Å². The van der Waals surface area contributed by atoms with Crippen LogP contribution in [0.15, 0.2) is 24.3 Å². The number of benzene rings is 1. The van der Waals surface area contributed by atoms with Gasteiger partial charge >= 0.3 is 0 Å². The van der Waals surface area contributed by atoms with Gasteiger partial charge in [0.15, 0.2) is 12.4 Å². The molecule has 0 aliphatic carbocycles. The van der Waals surface area contributed by atoms with E-state index in [2.05, 4.69) is 5.32 Å². The topological polar surface area (TPSA) is 150 Å². The molecule has 9 heteroatoms. The van der Waals surface area contributed by atoms with Crippen LogP contribution in [0.4, 0.5) is 0 Å². The van der Waals surface area contributed by atoms with E-state index >= 15 is 0 Å². The fourth-order valence-electron chi connectivity index (χ4n) is 2.20. The summed E-state index contributed by atoms with van der Waals surface area (Å²) in [6, 6.07) is 6.12. The van der Waals surface area contributed by atoms with E-state index in [1.165, 1.54) is 12.1 Å². The molecule has 0 saturated carbocycles. The lowest BCUT2D eigenvalue weighted by Crippen LogP contribution is -2.52. The average molecular weight is 405 g/mol. The summed E-state index contributed by atoms with van der Waals surface area (Å²) >= 11 is 0. The molecule has 0 radical (unpaired) electrons. The van der Waals surface area contributed by atoms with Crippen LogP contribution in [0.25, 0.3) is 0 Å². The molecule has 2 saturated heterocycles. The number of nitrogens with one attached hydrogen (secondary N) is 1. The number of epoxide rings is 1. The summed E-state index contributed by atoms with van der Waals surface area (Å²) in [6.45, 7) is 7.32. The van der Waals surface area contributed by atoms with E-state index in [-0.39, 0.29) is 25.1 Å². The maximum Gasteiger partial charge on any atom is 0.187 e. The molecular formula is C19H36N2O7. The van der Waals surface area contributed by atoms with E-state index < -0.39 is 24.6 Å². The zero-order valence-electron chi connectivity index (χ0n) is 17.1. The van der Waals surface area contributed by atoms with Gasteiger partial charge in [-0.1, -0.05) is 20.8 Å². The number of aromatic hydroxyl groups is 1. The number of ether oxygens (including phenoxy) is 3. The monoisotopic (exact) mass is 404 g/mol. The highest BCUT2D eigenvalue weighted by Gasteiger charge is 2.57. The summed E-state index contributed by atoms with van der Waals surface area (Å²) < 4.78 is 16.1. The lowest BCUT2D eigenvalue weighted by Gasteiger charge is -2.32. The van der Waals surface area contributed by atoms with Gasteiger partial charge in [0.1, 0.15) is 29.8 Å². The summed E-state index contributed by atoms with van der Waals surface area (Å²) in [5.74, 6) is 0.616. The Morgan fingerprint density at radius 3 is 2.14 bits per heavy atom. The van der Waals surface area contributed by atoms with Crippen molar-refractivity contribution in [2.45, 2.75) is 51.5 Å². The van der Waals surface area contributed by atoms with Crippen LogP contribution >= 0.6 is 0 Å². The first kappa shape index (κ1) is 26.5. The van der Waals surface area contributed by atoms with Gasteiger partial charge in [-0.2, -0.15) is 0 Å². The molecule has 1 aromatic rings. The van der Waals surface area contributed by atoms with Crippen molar-refractivity contribution in [2.24, 2.45) is 5.73 Å². The first-order chi connectivity index (χ1) is 13.5. The van der Waals surface area contributed by atoms with Crippen LogP contribution in [0.2, 0.25) is 0 Å². The summed E-state index contributed by atoms with van der Waals surface area (Å²) in [6.07, 6.45) is -2.97. The second-order valence-electron chi connectivity index (χ2n) is 5.63. The van der Waals surface area contributed by atoms with E-state index in [0.717, 1.165) is 6.54 Å². The first-order valence-corrected chi connectivity index (χ1v) is 9.53. The minimum Gasteiger partial charge on any atom is -0.508 e. The molecule has 2 aliphatic rings. The molecular weight excluding hydrogens is 368 g/mol. The van der Waals surface area contributed by atoms with Gasteiger partial charge in [0.2, 0.25) is 0 Å². The molecule has 1 aromatic carbocycles. The van der Waals surface area contributed by atoms with Gasteiger partial charge in [-0.3, -0.25) is 0 Å². The van der Waals surface area contributed by atoms with E-state index in [4.69, 9.17) is 25.1 Å². The van der Waals surface area contributed by atoms with Crippen molar-refractivity contribution >= 4 is 0 Å². The number of phenolic OH excluding ortho intramolecular Hbond substituents is 1. The Morgan fingerprint density at radius 2 is 1.71 bits per heavy atom. The second-order valence-corrected chi connectivity index (χ2v) is 5.63. The summed E-state index contributed by atoms with van der Waals surface area (Å²) in [7, 11) is 1.80. The first-order valence-electron chi connectivity index (χ1n) is 9.53. The van der Waals surface area contributed by atoms with Gasteiger partial charge in [-0.25, -0.2) is 0 Å². The second kappa shape index (κ2) is 15.5. The highest BCUT2D eigenvalue weighted by Crippen LogP contribution is 2.37. The Hall–Kier alpha value is -1.46. The van der Waals surface area contributed by atoms with Crippen LogP contribution in [0.5, 0.6) is 11.5 Å². The van der Waals surface area contributed by atoms with Gasteiger partial charge in [0, 0.05) is 6.54 Å². The molecule has 5 unspecified atom stereocenters. The highest BCUT2D eigenvalue weighted by atomic mass is 16.8. The molecule has 2 aliphatic heterocycles. The molecule has 164 valence electrons. The van der Waals surface area contributed by atoms with Gasteiger partial charge in [0.05, 0.1) is 13.2 Å². The van der Waals surface area contributed by atoms with Crippen LogP contribution in [-0.2, 0) is 9.47 Å². The van der Waals surface area contributed by atoms with Crippen LogP contribution in [0.1, 0.15) is 20.8 Å². The third-order valence-electron chi connectivity index (χ3n) is 3.48. The van der Waals surface area contributed by atoms with Gasteiger partial charge < -0.3 is 45.7 Å². The van der Waals surface area contributed by atoms with Gasteiger partial charge in [0.25, 0.3) is 0 Å². The fraction of sp³-hybridized carbons (Fsp3) is 0.684. The number of phenols is 1. The number of aliphatic hydroxyl groups is 3. The molecule has 3 rings (SSSR count). The zero-order chi connectivity index (χ0) is 21.5. The van der Waals surface area contributed by atoms with Crippen LogP contribution in [0.3, 0.4) is 0 Å². The van der Waals surface area contributed by atoms with Crippen molar-refractivity contribution in [3.63, 3.8) is 0 Å². The summed E-state index contributed by atoms with van der Waals surface area (Å²) in [5.41, 5.74) is 4.85. The Morgan fingerprint density at radius 1 is 1.14 bits per heavy atom. The predicted molar refractivity (Wildman–Crippen MR) is 106 cm³/mol.